The number of aromatic carboxylic acids is 1. The maximum atomic E-state index is 10.8. The number of carboxylic acid groups (broad SMARTS) is 1. The van der Waals surface area contributed by atoms with E-state index in [1.54, 1.807) is 0 Å². The van der Waals surface area contributed by atoms with E-state index in [0.29, 0.717) is 5.95 Å². The molecule has 1 fully saturated rings. The molecule has 8 heteroatoms. The topological polar surface area (TPSA) is 87.4 Å². The van der Waals surface area contributed by atoms with Crippen molar-refractivity contribution in [3.63, 3.8) is 0 Å². The van der Waals surface area contributed by atoms with Gasteiger partial charge in [0, 0.05) is 57.5 Å². The Morgan fingerprint density at radius 3 is 2.50 bits per heavy atom. The summed E-state index contributed by atoms with van der Waals surface area (Å²) in [5.74, 6) is 0.688. The molecular formula is C16H22N6O2. The molecule has 2 aromatic rings. The van der Waals surface area contributed by atoms with Crippen LogP contribution in [-0.2, 0) is 13.1 Å². The number of aromatic nitrogens is 4. The molecule has 0 atom stereocenters. The van der Waals surface area contributed by atoms with Crippen LogP contribution in [0.15, 0.2) is 24.8 Å². The largest absolute Gasteiger partial charge is 0.478 e. The number of carbonyl (C=O) groups is 1. The van der Waals surface area contributed by atoms with E-state index >= 15 is 0 Å². The van der Waals surface area contributed by atoms with Crippen LogP contribution in [0.4, 0.5) is 5.95 Å². The number of aryl methyl sites for hydroxylation is 1. The van der Waals surface area contributed by atoms with Crippen LogP contribution < -0.4 is 4.90 Å². The highest BCUT2D eigenvalue weighted by Gasteiger charge is 2.20. The summed E-state index contributed by atoms with van der Waals surface area (Å²) in [6, 6.07) is 0. The molecule has 128 valence electrons. The van der Waals surface area contributed by atoms with Gasteiger partial charge in [-0.3, -0.25) is 4.90 Å². The third-order valence-corrected chi connectivity index (χ3v) is 4.17. The summed E-state index contributed by atoms with van der Waals surface area (Å²) in [5.41, 5.74) is 0.111. The SMILES string of the molecule is CCCn1ccnc1CN1CCN(c2ncc(C(=O)O)cn2)CC1. The standard InChI is InChI=1S/C16H22N6O2/c1-2-4-21-5-3-17-14(21)12-20-6-8-22(9-7-20)16-18-10-13(11-19-16)15(23)24/h3,5,10-11H,2,4,6-9,12H2,1H3,(H,23,24). The summed E-state index contributed by atoms with van der Waals surface area (Å²) < 4.78 is 2.21. The first kappa shape index (κ1) is 16.4. The molecule has 0 saturated carbocycles. The van der Waals surface area contributed by atoms with E-state index in [9.17, 15) is 4.79 Å². The molecule has 1 saturated heterocycles. The second-order valence-electron chi connectivity index (χ2n) is 5.88. The summed E-state index contributed by atoms with van der Waals surface area (Å²) in [6.07, 6.45) is 7.71. The minimum absolute atomic E-state index is 0.111. The van der Waals surface area contributed by atoms with Gasteiger partial charge in [-0.25, -0.2) is 19.7 Å². The summed E-state index contributed by atoms with van der Waals surface area (Å²) in [7, 11) is 0. The van der Waals surface area contributed by atoms with Crippen molar-refractivity contribution in [3.05, 3.63) is 36.2 Å². The molecule has 8 nitrogen and oxygen atoms in total. The van der Waals surface area contributed by atoms with Crippen LogP contribution in [0.1, 0.15) is 29.5 Å². The van der Waals surface area contributed by atoms with Gasteiger partial charge in [-0.15, -0.1) is 0 Å². The third-order valence-electron chi connectivity index (χ3n) is 4.17. The molecule has 24 heavy (non-hydrogen) atoms. The van der Waals surface area contributed by atoms with Crippen molar-refractivity contribution < 1.29 is 9.90 Å². The molecule has 3 heterocycles. The number of hydrogen-bond donors (Lipinski definition) is 1. The van der Waals surface area contributed by atoms with Crippen LogP contribution in [0.25, 0.3) is 0 Å². The van der Waals surface area contributed by atoms with Crippen molar-refractivity contribution in [1.29, 1.82) is 0 Å². The van der Waals surface area contributed by atoms with E-state index in [0.717, 1.165) is 51.5 Å². The number of anilines is 1. The Morgan fingerprint density at radius 2 is 1.88 bits per heavy atom. The van der Waals surface area contributed by atoms with Crippen LogP contribution >= 0.6 is 0 Å². The fraction of sp³-hybridized carbons (Fsp3) is 0.500. The normalized spacial score (nSPS) is 15.6. The van der Waals surface area contributed by atoms with E-state index in [2.05, 4.69) is 36.2 Å². The van der Waals surface area contributed by atoms with Crippen molar-refractivity contribution in [1.82, 2.24) is 24.4 Å². The Balaban J connectivity index is 1.55. The highest BCUT2D eigenvalue weighted by atomic mass is 16.4. The first-order valence-corrected chi connectivity index (χ1v) is 8.20. The van der Waals surface area contributed by atoms with Crippen molar-refractivity contribution in [2.24, 2.45) is 0 Å². The molecule has 1 aliphatic rings. The number of carboxylic acids is 1. The van der Waals surface area contributed by atoms with Gasteiger partial charge in [-0.1, -0.05) is 6.92 Å². The maximum absolute atomic E-state index is 10.8. The highest BCUT2D eigenvalue weighted by molar-refractivity contribution is 5.86. The Morgan fingerprint density at radius 1 is 1.17 bits per heavy atom. The lowest BCUT2D eigenvalue weighted by Crippen LogP contribution is -2.46. The van der Waals surface area contributed by atoms with Crippen LogP contribution in [-0.4, -0.2) is 61.7 Å². The van der Waals surface area contributed by atoms with Crippen molar-refractivity contribution in [2.45, 2.75) is 26.4 Å². The molecule has 0 spiro atoms. The van der Waals surface area contributed by atoms with E-state index in [4.69, 9.17) is 5.11 Å². The zero-order valence-corrected chi connectivity index (χ0v) is 13.8. The van der Waals surface area contributed by atoms with Gasteiger partial charge >= 0.3 is 5.97 Å². The molecule has 0 bridgehead atoms. The number of rotatable bonds is 6. The van der Waals surface area contributed by atoms with E-state index in [-0.39, 0.29) is 5.56 Å². The lowest BCUT2D eigenvalue weighted by atomic mass is 10.3. The fourth-order valence-corrected chi connectivity index (χ4v) is 2.84. The fourth-order valence-electron chi connectivity index (χ4n) is 2.84. The Labute approximate surface area is 140 Å². The lowest BCUT2D eigenvalue weighted by Gasteiger charge is -2.34. The van der Waals surface area contributed by atoms with Gasteiger partial charge in [0.25, 0.3) is 0 Å². The van der Waals surface area contributed by atoms with Gasteiger partial charge in [0.15, 0.2) is 0 Å². The molecular weight excluding hydrogens is 308 g/mol. The maximum Gasteiger partial charge on any atom is 0.338 e. The first-order chi connectivity index (χ1) is 11.7. The predicted octanol–water partition coefficient (Wildman–Crippen LogP) is 1.10. The van der Waals surface area contributed by atoms with Crippen molar-refractivity contribution in [2.75, 3.05) is 31.1 Å². The number of hydrogen-bond acceptors (Lipinski definition) is 6. The van der Waals surface area contributed by atoms with Crippen molar-refractivity contribution in [3.8, 4) is 0 Å². The second-order valence-corrected chi connectivity index (χ2v) is 5.88. The van der Waals surface area contributed by atoms with E-state index in [1.165, 1.54) is 12.4 Å². The average molecular weight is 330 g/mol. The summed E-state index contributed by atoms with van der Waals surface area (Å²) in [6.45, 7) is 7.46. The van der Waals surface area contributed by atoms with Crippen LogP contribution in [0.3, 0.4) is 0 Å². The summed E-state index contributed by atoms with van der Waals surface area (Å²) >= 11 is 0. The minimum Gasteiger partial charge on any atom is -0.478 e. The van der Waals surface area contributed by atoms with E-state index in [1.807, 2.05) is 12.4 Å². The van der Waals surface area contributed by atoms with Crippen LogP contribution in [0, 0.1) is 0 Å². The molecule has 1 aliphatic heterocycles. The molecule has 2 aromatic heterocycles. The number of piperazine rings is 1. The van der Waals surface area contributed by atoms with Gasteiger partial charge in [0.1, 0.15) is 5.82 Å². The highest BCUT2D eigenvalue weighted by Crippen LogP contribution is 2.13. The van der Waals surface area contributed by atoms with Crippen molar-refractivity contribution >= 4 is 11.9 Å². The van der Waals surface area contributed by atoms with Gasteiger partial charge in [0.2, 0.25) is 5.95 Å². The number of imidazole rings is 1. The predicted molar refractivity (Wildman–Crippen MR) is 89.0 cm³/mol. The molecule has 0 aromatic carbocycles. The van der Waals surface area contributed by atoms with Gasteiger partial charge in [-0.2, -0.15) is 0 Å². The summed E-state index contributed by atoms with van der Waals surface area (Å²) in [4.78, 5) is 28.1. The van der Waals surface area contributed by atoms with Crippen LogP contribution in [0.5, 0.6) is 0 Å². The van der Waals surface area contributed by atoms with Crippen LogP contribution in [0.2, 0.25) is 0 Å². The second kappa shape index (κ2) is 7.39. The monoisotopic (exact) mass is 330 g/mol. The van der Waals surface area contributed by atoms with Gasteiger partial charge in [0.05, 0.1) is 12.1 Å². The van der Waals surface area contributed by atoms with Gasteiger partial charge in [-0.05, 0) is 6.42 Å². The Hall–Kier alpha value is -2.48. The summed E-state index contributed by atoms with van der Waals surface area (Å²) in [5, 5.41) is 8.90. The smallest absolute Gasteiger partial charge is 0.338 e. The molecule has 0 radical (unpaired) electrons. The molecule has 1 N–H and O–H groups in total. The Kier molecular flexibility index (Phi) is 5.05. The minimum atomic E-state index is -1.01. The third kappa shape index (κ3) is 3.70. The van der Waals surface area contributed by atoms with Gasteiger partial charge < -0.3 is 14.6 Å². The number of nitrogens with zero attached hydrogens (tertiary/aromatic N) is 6. The molecule has 3 rings (SSSR count). The quantitative estimate of drug-likeness (QED) is 0.848. The van der Waals surface area contributed by atoms with E-state index < -0.39 is 5.97 Å². The molecule has 0 amide bonds. The zero-order chi connectivity index (χ0) is 16.9. The molecule has 0 unspecified atom stereocenters. The first-order valence-electron chi connectivity index (χ1n) is 8.20. The zero-order valence-electron chi connectivity index (χ0n) is 13.8. The molecule has 0 aliphatic carbocycles. The average Bonchev–Trinajstić information content (AvgIpc) is 3.03. The lowest BCUT2D eigenvalue weighted by molar-refractivity contribution is 0.0696. The Bertz CT molecular complexity index is 676.